The first-order chi connectivity index (χ1) is 14.5. The number of nitrogens with zero attached hydrogens (tertiary/aromatic N) is 2. The minimum Gasteiger partial charge on any atom is -0.345 e. The van der Waals surface area contributed by atoms with E-state index in [1.165, 1.54) is 32.3 Å². The van der Waals surface area contributed by atoms with Crippen LogP contribution in [0.25, 0.3) is 5.69 Å². The number of sulfonamides is 1. The summed E-state index contributed by atoms with van der Waals surface area (Å²) in [6, 6.07) is 14.2. The summed E-state index contributed by atoms with van der Waals surface area (Å²) in [5.74, 6) is -0.648. The predicted octanol–water partition coefficient (Wildman–Crippen LogP) is 3.97. The predicted molar refractivity (Wildman–Crippen MR) is 118 cm³/mol. The molecule has 0 radical (unpaired) electrons. The molecule has 0 saturated carbocycles. The molecule has 1 atom stereocenters. The highest BCUT2D eigenvalue weighted by Crippen LogP contribution is 2.24. The number of amides is 1. The molecule has 164 valence electrons. The Balaban J connectivity index is 1.82. The maximum atomic E-state index is 14.3. The molecule has 3 aromatic rings. The van der Waals surface area contributed by atoms with Crippen molar-refractivity contribution < 1.29 is 17.6 Å². The average molecular weight is 444 g/mol. The van der Waals surface area contributed by atoms with Crippen LogP contribution in [0.1, 0.15) is 40.3 Å². The van der Waals surface area contributed by atoms with Crippen LogP contribution in [-0.4, -0.2) is 37.3 Å². The molecule has 0 aliphatic heterocycles. The van der Waals surface area contributed by atoms with Gasteiger partial charge in [0, 0.05) is 25.5 Å². The second-order valence-corrected chi connectivity index (χ2v) is 9.78. The molecular weight excluding hydrogens is 417 g/mol. The molecule has 1 heterocycles. The molecule has 0 aliphatic rings. The van der Waals surface area contributed by atoms with Gasteiger partial charge in [-0.3, -0.25) is 4.79 Å². The van der Waals surface area contributed by atoms with Crippen LogP contribution < -0.4 is 5.32 Å². The maximum Gasteiger partial charge on any atom is 0.253 e. The van der Waals surface area contributed by atoms with E-state index in [2.05, 4.69) is 5.32 Å². The second kappa shape index (κ2) is 8.64. The molecule has 0 spiro atoms. The third kappa shape index (κ3) is 4.40. The van der Waals surface area contributed by atoms with E-state index >= 15 is 0 Å². The number of carbonyl (C=O) groups excluding carboxylic acids is 1. The number of benzene rings is 2. The molecule has 0 fully saturated rings. The van der Waals surface area contributed by atoms with Crippen molar-refractivity contribution in [2.45, 2.75) is 31.7 Å². The van der Waals surface area contributed by atoms with Gasteiger partial charge in [-0.25, -0.2) is 17.1 Å². The molecule has 1 amide bonds. The van der Waals surface area contributed by atoms with Crippen LogP contribution in [0.5, 0.6) is 0 Å². The number of hydrogen-bond acceptors (Lipinski definition) is 3. The summed E-state index contributed by atoms with van der Waals surface area (Å²) < 4.78 is 41.6. The highest BCUT2D eigenvalue weighted by Gasteiger charge is 2.21. The van der Waals surface area contributed by atoms with E-state index in [1.54, 1.807) is 47.9 Å². The zero-order valence-corrected chi connectivity index (χ0v) is 19.0. The first kappa shape index (κ1) is 22.7. The van der Waals surface area contributed by atoms with Gasteiger partial charge in [0.2, 0.25) is 10.0 Å². The number of carbonyl (C=O) groups is 1. The summed E-state index contributed by atoms with van der Waals surface area (Å²) in [5, 5.41) is 2.94. The Labute approximate surface area is 182 Å². The molecule has 6 nitrogen and oxygen atoms in total. The van der Waals surface area contributed by atoms with Crippen molar-refractivity contribution in [1.29, 1.82) is 0 Å². The van der Waals surface area contributed by atoms with Crippen molar-refractivity contribution in [2.24, 2.45) is 0 Å². The minimum absolute atomic E-state index is 0.188. The number of aromatic nitrogens is 1. The largest absolute Gasteiger partial charge is 0.345 e. The van der Waals surface area contributed by atoms with Gasteiger partial charge in [0.15, 0.2) is 0 Å². The molecule has 3 rings (SSSR count). The molecule has 31 heavy (non-hydrogen) atoms. The van der Waals surface area contributed by atoms with Crippen LogP contribution >= 0.6 is 0 Å². The quantitative estimate of drug-likeness (QED) is 0.627. The number of nitrogens with one attached hydrogen (secondary N) is 1. The first-order valence-electron chi connectivity index (χ1n) is 9.81. The SMILES string of the molecule is Cc1cc(C(=O)NC(C)c2ccc(S(=O)(=O)N(C)C)cc2)c(C)n1-c1ccccc1F. The fourth-order valence-electron chi connectivity index (χ4n) is 3.49. The lowest BCUT2D eigenvalue weighted by atomic mass is 10.1. The summed E-state index contributed by atoms with van der Waals surface area (Å²) in [5.41, 5.74) is 3.01. The number of rotatable bonds is 6. The van der Waals surface area contributed by atoms with Gasteiger partial charge in [-0.05, 0) is 56.7 Å². The smallest absolute Gasteiger partial charge is 0.253 e. The number of aryl methyl sites for hydroxylation is 1. The molecule has 0 aliphatic carbocycles. The summed E-state index contributed by atoms with van der Waals surface area (Å²) in [7, 11) is -0.558. The van der Waals surface area contributed by atoms with Gasteiger partial charge in [-0.2, -0.15) is 0 Å². The van der Waals surface area contributed by atoms with Gasteiger partial charge in [0.05, 0.1) is 22.2 Å². The Morgan fingerprint density at radius 2 is 1.68 bits per heavy atom. The molecule has 1 aromatic heterocycles. The molecule has 0 saturated heterocycles. The summed E-state index contributed by atoms with van der Waals surface area (Å²) in [6.45, 7) is 5.42. The standard InChI is InChI=1S/C23H26FN3O3S/c1-15-14-20(17(3)27(15)22-9-7-6-8-21(22)24)23(28)25-16(2)18-10-12-19(13-11-18)31(29,30)26(4)5/h6-14,16H,1-5H3,(H,25,28). The lowest BCUT2D eigenvalue weighted by molar-refractivity contribution is 0.0939. The Morgan fingerprint density at radius 3 is 2.26 bits per heavy atom. The van der Waals surface area contributed by atoms with Crippen LogP contribution in [0.15, 0.2) is 59.5 Å². The monoisotopic (exact) mass is 443 g/mol. The lowest BCUT2D eigenvalue weighted by Gasteiger charge is -2.16. The van der Waals surface area contributed by atoms with Gasteiger partial charge in [0.25, 0.3) is 5.91 Å². The molecular formula is C23H26FN3O3S. The minimum atomic E-state index is -3.51. The van der Waals surface area contributed by atoms with Crippen molar-refractivity contribution in [1.82, 2.24) is 14.2 Å². The van der Waals surface area contributed by atoms with Crippen LogP contribution in [0.2, 0.25) is 0 Å². The zero-order chi connectivity index (χ0) is 22.9. The van der Waals surface area contributed by atoms with Crippen LogP contribution in [0, 0.1) is 19.7 Å². The number of hydrogen-bond donors (Lipinski definition) is 1. The Kier molecular flexibility index (Phi) is 6.33. The molecule has 0 bridgehead atoms. The highest BCUT2D eigenvalue weighted by molar-refractivity contribution is 7.89. The van der Waals surface area contributed by atoms with E-state index in [4.69, 9.17) is 0 Å². The normalized spacial score (nSPS) is 12.7. The van der Waals surface area contributed by atoms with E-state index < -0.39 is 10.0 Å². The lowest BCUT2D eigenvalue weighted by Crippen LogP contribution is -2.27. The molecule has 1 N–H and O–H groups in total. The van der Waals surface area contributed by atoms with Gasteiger partial charge >= 0.3 is 0 Å². The van der Waals surface area contributed by atoms with E-state index in [0.717, 1.165) is 15.6 Å². The van der Waals surface area contributed by atoms with E-state index in [9.17, 15) is 17.6 Å². The van der Waals surface area contributed by atoms with Gasteiger partial charge in [-0.15, -0.1) is 0 Å². The van der Waals surface area contributed by atoms with Crippen molar-refractivity contribution in [3.05, 3.63) is 82.9 Å². The van der Waals surface area contributed by atoms with E-state index in [1.807, 2.05) is 13.8 Å². The summed E-state index contributed by atoms with van der Waals surface area (Å²) in [6.07, 6.45) is 0. The summed E-state index contributed by atoms with van der Waals surface area (Å²) in [4.78, 5) is 13.1. The first-order valence-corrected chi connectivity index (χ1v) is 11.2. The third-order valence-corrected chi connectivity index (χ3v) is 7.10. The van der Waals surface area contributed by atoms with Crippen LogP contribution in [-0.2, 0) is 10.0 Å². The number of halogens is 1. The topological polar surface area (TPSA) is 71.4 Å². The Bertz CT molecular complexity index is 1220. The number of para-hydroxylation sites is 1. The van der Waals surface area contributed by atoms with Crippen LogP contribution in [0.3, 0.4) is 0 Å². The summed E-state index contributed by atoms with van der Waals surface area (Å²) >= 11 is 0. The van der Waals surface area contributed by atoms with Crippen molar-refractivity contribution in [3.63, 3.8) is 0 Å². The van der Waals surface area contributed by atoms with E-state index in [0.29, 0.717) is 16.9 Å². The van der Waals surface area contributed by atoms with Crippen molar-refractivity contribution in [2.75, 3.05) is 14.1 Å². The second-order valence-electron chi connectivity index (χ2n) is 7.62. The Morgan fingerprint density at radius 1 is 1.06 bits per heavy atom. The van der Waals surface area contributed by atoms with Gasteiger partial charge < -0.3 is 9.88 Å². The maximum absolute atomic E-state index is 14.3. The van der Waals surface area contributed by atoms with Crippen molar-refractivity contribution in [3.8, 4) is 5.69 Å². The van der Waals surface area contributed by atoms with Crippen molar-refractivity contribution >= 4 is 15.9 Å². The molecule has 1 unspecified atom stereocenters. The Hall–Kier alpha value is -2.97. The fourth-order valence-corrected chi connectivity index (χ4v) is 4.40. The van der Waals surface area contributed by atoms with Gasteiger partial charge in [-0.1, -0.05) is 24.3 Å². The highest BCUT2D eigenvalue weighted by atomic mass is 32.2. The zero-order valence-electron chi connectivity index (χ0n) is 18.2. The van der Waals surface area contributed by atoms with Crippen LogP contribution in [0.4, 0.5) is 4.39 Å². The van der Waals surface area contributed by atoms with Gasteiger partial charge in [0.1, 0.15) is 5.82 Å². The molecule has 2 aromatic carbocycles. The third-order valence-electron chi connectivity index (χ3n) is 5.28. The average Bonchev–Trinajstić information content (AvgIpc) is 3.02. The van der Waals surface area contributed by atoms with E-state index in [-0.39, 0.29) is 22.7 Å². The molecule has 8 heteroatoms. The fraction of sp³-hybridized carbons (Fsp3) is 0.261.